The van der Waals surface area contributed by atoms with Crippen molar-refractivity contribution in [2.24, 2.45) is 0 Å². The number of amides is 1. The van der Waals surface area contributed by atoms with Crippen molar-refractivity contribution in [2.45, 2.75) is 6.42 Å². The van der Waals surface area contributed by atoms with Gasteiger partial charge in [0.25, 0.3) is 5.91 Å². The predicted octanol–water partition coefficient (Wildman–Crippen LogP) is 3.82. The van der Waals surface area contributed by atoms with Gasteiger partial charge in [-0.05, 0) is 58.3 Å². The summed E-state index contributed by atoms with van der Waals surface area (Å²) in [6.07, 6.45) is 0.833. The van der Waals surface area contributed by atoms with E-state index < -0.39 is 0 Å². The summed E-state index contributed by atoms with van der Waals surface area (Å²) in [7, 11) is 0. The zero-order chi connectivity index (χ0) is 17.4. The second kappa shape index (κ2) is 9.76. The van der Waals surface area contributed by atoms with Gasteiger partial charge in [0.15, 0.2) is 11.7 Å². The molecule has 0 aliphatic heterocycles. The molecule has 0 saturated carbocycles. The van der Waals surface area contributed by atoms with E-state index in [9.17, 15) is 4.79 Å². The Bertz CT molecular complexity index is 711. The van der Waals surface area contributed by atoms with Gasteiger partial charge < -0.3 is 15.4 Å². The Morgan fingerprint density at radius 2 is 1.88 bits per heavy atom. The molecule has 0 radical (unpaired) electrons. The first kappa shape index (κ1) is 18.9. The summed E-state index contributed by atoms with van der Waals surface area (Å²) in [6, 6.07) is 15.5. The Labute approximate surface area is 163 Å². The number of halogens is 2. The molecule has 2 N–H and O–H groups in total. The molecule has 0 bridgehead atoms. The van der Waals surface area contributed by atoms with Crippen molar-refractivity contribution in [3.63, 3.8) is 0 Å². The number of carbonyl (C=O) groups is 1. The highest BCUT2D eigenvalue weighted by Gasteiger charge is 2.07. The molecule has 0 spiro atoms. The van der Waals surface area contributed by atoms with Crippen LogP contribution in [0.4, 0.5) is 0 Å². The molecule has 0 heterocycles. The van der Waals surface area contributed by atoms with Gasteiger partial charge in [-0.15, -0.1) is 0 Å². The topological polar surface area (TPSA) is 50.4 Å². The van der Waals surface area contributed by atoms with Crippen LogP contribution in [0.25, 0.3) is 0 Å². The number of ether oxygens (including phenoxy) is 1. The van der Waals surface area contributed by atoms with Crippen molar-refractivity contribution in [2.75, 3.05) is 13.2 Å². The molecule has 7 heteroatoms. The van der Waals surface area contributed by atoms with Gasteiger partial charge in [-0.2, -0.15) is 0 Å². The zero-order valence-electron chi connectivity index (χ0n) is 12.7. The van der Waals surface area contributed by atoms with E-state index in [2.05, 4.69) is 42.5 Å². The molecule has 24 heavy (non-hydrogen) atoms. The first-order valence-corrected chi connectivity index (χ1v) is 9.23. The highest BCUT2D eigenvalue weighted by atomic mass is 79.9. The summed E-state index contributed by atoms with van der Waals surface area (Å²) in [5.41, 5.74) is 1.21. The van der Waals surface area contributed by atoms with Crippen LogP contribution in [-0.4, -0.2) is 24.2 Å². The molecule has 0 saturated heterocycles. The van der Waals surface area contributed by atoms with E-state index in [4.69, 9.17) is 17.0 Å². The lowest BCUT2D eigenvalue weighted by atomic mass is 10.1. The minimum absolute atomic E-state index is 0.110. The van der Waals surface area contributed by atoms with Crippen molar-refractivity contribution in [1.29, 1.82) is 0 Å². The first-order chi connectivity index (χ1) is 11.5. The SMILES string of the molecule is O=C(COc1ccc(Br)cc1Br)NC(=S)NCCc1ccccc1. The fourth-order valence-corrected chi connectivity index (χ4v) is 3.28. The van der Waals surface area contributed by atoms with Crippen molar-refractivity contribution < 1.29 is 9.53 Å². The van der Waals surface area contributed by atoms with Gasteiger partial charge in [0.05, 0.1) is 4.47 Å². The number of hydrogen-bond donors (Lipinski definition) is 2. The summed E-state index contributed by atoms with van der Waals surface area (Å²) in [5, 5.41) is 5.91. The van der Waals surface area contributed by atoms with Gasteiger partial charge in [-0.1, -0.05) is 46.3 Å². The minimum atomic E-state index is -0.304. The van der Waals surface area contributed by atoms with E-state index in [1.54, 1.807) is 6.07 Å². The maximum Gasteiger partial charge on any atom is 0.264 e. The van der Waals surface area contributed by atoms with E-state index in [1.165, 1.54) is 5.56 Å². The Balaban J connectivity index is 1.68. The van der Waals surface area contributed by atoms with Crippen molar-refractivity contribution in [3.05, 3.63) is 63.0 Å². The molecule has 2 aromatic rings. The molecule has 0 aliphatic carbocycles. The van der Waals surface area contributed by atoms with Gasteiger partial charge in [0, 0.05) is 11.0 Å². The summed E-state index contributed by atoms with van der Waals surface area (Å²) >= 11 is 11.8. The molecule has 2 rings (SSSR count). The lowest BCUT2D eigenvalue weighted by Crippen LogP contribution is -2.42. The van der Waals surface area contributed by atoms with Crippen LogP contribution in [0, 0.1) is 0 Å². The van der Waals surface area contributed by atoms with Crippen molar-refractivity contribution in [1.82, 2.24) is 10.6 Å². The van der Waals surface area contributed by atoms with Crippen LogP contribution in [0.1, 0.15) is 5.56 Å². The summed E-state index contributed by atoms with van der Waals surface area (Å²) < 4.78 is 7.16. The molecule has 1 amide bonds. The van der Waals surface area contributed by atoms with E-state index in [1.807, 2.05) is 42.5 Å². The molecule has 2 aromatic carbocycles. The van der Waals surface area contributed by atoms with Gasteiger partial charge in [-0.25, -0.2) is 0 Å². The standard InChI is InChI=1S/C17H16Br2N2O2S/c18-13-6-7-15(14(19)10-13)23-11-16(22)21-17(24)20-9-8-12-4-2-1-3-5-12/h1-7,10H,8-9,11H2,(H2,20,21,22,24). The normalized spacial score (nSPS) is 10.1. The van der Waals surface area contributed by atoms with Gasteiger partial charge in [0.2, 0.25) is 0 Å². The molecule has 0 unspecified atom stereocenters. The first-order valence-electron chi connectivity index (χ1n) is 7.24. The highest BCUT2D eigenvalue weighted by molar-refractivity contribution is 9.11. The van der Waals surface area contributed by atoms with Gasteiger partial charge >= 0.3 is 0 Å². The van der Waals surface area contributed by atoms with E-state index in [0.717, 1.165) is 15.4 Å². The van der Waals surface area contributed by atoms with Crippen molar-refractivity contribution >= 4 is 55.1 Å². The smallest absolute Gasteiger partial charge is 0.264 e. The van der Waals surface area contributed by atoms with Crippen LogP contribution in [0.3, 0.4) is 0 Å². The third-order valence-corrected chi connectivity index (χ3v) is 4.41. The Morgan fingerprint density at radius 1 is 1.12 bits per heavy atom. The van der Waals surface area contributed by atoms with E-state index >= 15 is 0 Å². The molecule has 126 valence electrons. The summed E-state index contributed by atoms with van der Waals surface area (Å²) in [6.45, 7) is 0.545. The zero-order valence-corrected chi connectivity index (χ0v) is 16.7. The predicted molar refractivity (Wildman–Crippen MR) is 106 cm³/mol. The van der Waals surface area contributed by atoms with Crippen LogP contribution in [0.5, 0.6) is 5.75 Å². The van der Waals surface area contributed by atoms with Crippen LogP contribution in [0.15, 0.2) is 57.5 Å². The lowest BCUT2D eigenvalue weighted by Gasteiger charge is -2.11. The maximum absolute atomic E-state index is 11.8. The molecular weight excluding hydrogens is 456 g/mol. The third kappa shape index (κ3) is 6.59. The fraction of sp³-hybridized carbons (Fsp3) is 0.176. The number of thiocarbonyl (C=S) groups is 1. The average Bonchev–Trinajstić information content (AvgIpc) is 2.55. The maximum atomic E-state index is 11.8. The van der Waals surface area contributed by atoms with E-state index in [-0.39, 0.29) is 12.5 Å². The van der Waals surface area contributed by atoms with Crippen LogP contribution in [0.2, 0.25) is 0 Å². The molecule has 0 atom stereocenters. The van der Waals surface area contributed by atoms with Crippen LogP contribution < -0.4 is 15.4 Å². The summed E-state index contributed by atoms with van der Waals surface area (Å²) in [4.78, 5) is 11.8. The Morgan fingerprint density at radius 3 is 2.58 bits per heavy atom. The number of nitrogens with one attached hydrogen (secondary N) is 2. The molecule has 0 aromatic heterocycles. The molecule has 0 aliphatic rings. The number of benzene rings is 2. The monoisotopic (exact) mass is 470 g/mol. The highest BCUT2D eigenvalue weighted by Crippen LogP contribution is 2.27. The molecule has 0 fully saturated rings. The Kier molecular flexibility index (Phi) is 7.68. The third-order valence-electron chi connectivity index (χ3n) is 3.05. The van der Waals surface area contributed by atoms with Crippen LogP contribution in [-0.2, 0) is 11.2 Å². The van der Waals surface area contributed by atoms with E-state index in [0.29, 0.717) is 17.4 Å². The lowest BCUT2D eigenvalue weighted by molar-refractivity contribution is -0.121. The molecule has 4 nitrogen and oxygen atoms in total. The largest absolute Gasteiger partial charge is 0.483 e. The van der Waals surface area contributed by atoms with Gasteiger partial charge in [0.1, 0.15) is 5.75 Å². The second-order valence-corrected chi connectivity index (χ2v) is 7.08. The van der Waals surface area contributed by atoms with Crippen molar-refractivity contribution in [3.8, 4) is 5.75 Å². The van der Waals surface area contributed by atoms with Crippen LogP contribution >= 0.6 is 44.1 Å². The fourth-order valence-electron chi connectivity index (χ4n) is 1.91. The number of hydrogen-bond acceptors (Lipinski definition) is 3. The van der Waals surface area contributed by atoms with Gasteiger partial charge in [-0.3, -0.25) is 4.79 Å². The average molecular weight is 472 g/mol. The Hall–Kier alpha value is -1.44. The number of rotatable bonds is 6. The quantitative estimate of drug-likeness (QED) is 0.628. The molecular formula is C17H16Br2N2O2S. The second-order valence-electron chi connectivity index (χ2n) is 4.90. The minimum Gasteiger partial charge on any atom is -0.483 e. The number of carbonyl (C=O) groups excluding carboxylic acids is 1. The summed E-state index contributed by atoms with van der Waals surface area (Å²) in [5.74, 6) is 0.290.